The van der Waals surface area contributed by atoms with Gasteiger partial charge in [0.1, 0.15) is 5.78 Å². The summed E-state index contributed by atoms with van der Waals surface area (Å²) in [4.78, 5) is 11.3. The molecule has 0 bridgehead atoms. The second-order valence-electron chi connectivity index (χ2n) is 15.5. The van der Waals surface area contributed by atoms with E-state index in [1.807, 2.05) is 5.57 Å². The topological polar surface area (TPSA) is 17.1 Å². The molecule has 2 aliphatic heterocycles. The van der Waals surface area contributed by atoms with Gasteiger partial charge < -0.3 is 23.5 Å². The zero-order valence-corrected chi connectivity index (χ0v) is 33.8. The van der Waals surface area contributed by atoms with E-state index in [0.29, 0.717) is 5.78 Å². The van der Waals surface area contributed by atoms with E-state index in [0.717, 1.165) is 48.3 Å². The molecule has 4 saturated carbocycles. The molecule has 2 heterocycles. The van der Waals surface area contributed by atoms with Gasteiger partial charge in [-0.3, -0.25) is 4.79 Å². The van der Waals surface area contributed by atoms with E-state index in [9.17, 15) is 4.79 Å². The van der Waals surface area contributed by atoms with Crippen LogP contribution in [-0.4, -0.2) is 36.9 Å². The first-order valence-electron chi connectivity index (χ1n) is 18.4. The van der Waals surface area contributed by atoms with E-state index in [2.05, 4.69) is 80.5 Å². The molecule has 0 spiro atoms. The maximum atomic E-state index is 11.3. The zero-order valence-electron chi connectivity index (χ0n) is 29.6. The van der Waals surface area contributed by atoms with Crippen LogP contribution in [0.2, 0.25) is 19.6 Å². The third kappa shape index (κ3) is 13.2. The molecule has 44 heavy (non-hydrogen) atoms. The van der Waals surface area contributed by atoms with Gasteiger partial charge in [-0.15, -0.1) is 23.5 Å². The van der Waals surface area contributed by atoms with Gasteiger partial charge in [-0.25, -0.2) is 4.21 Å². The first-order chi connectivity index (χ1) is 20.8. The number of carbonyl (C=O) groups is 1. The van der Waals surface area contributed by atoms with E-state index in [1.54, 1.807) is 14.9 Å². The molecule has 0 N–H and O–H groups in total. The number of carbonyl (C=O) groups excluding carboxylic acids is 1. The zero-order chi connectivity index (χ0) is 30.7. The predicted octanol–water partition coefficient (Wildman–Crippen LogP) is 9.88. The van der Waals surface area contributed by atoms with E-state index in [4.69, 9.17) is 0 Å². The minimum absolute atomic E-state index is 0. The van der Waals surface area contributed by atoms with Crippen LogP contribution in [0.25, 0.3) is 0 Å². The molecule has 4 aliphatic carbocycles. The monoisotopic (exact) mass is 688 g/mol. The van der Waals surface area contributed by atoms with Crippen molar-refractivity contribution < 1.29 is 23.7 Å². The second-order valence-corrected chi connectivity index (χ2v) is 26.2. The minimum Gasteiger partial charge on any atom is -0.339 e. The molecular weight excluding hydrogens is 624 g/mol. The third-order valence-corrected chi connectivity index (χ3v) is 21.7. The Morgan fingerprint density at radius 2 is 1.20 bits per heavy atom. The smallest absolute Gasteiger partial charge is 0.339 e. The van der Waals surface area contributed by atoms with Gasteiger partial charge in [0.2, 0.25) is 0 Å². The van der Waals surface area contributed by atoms with Crippen LogP contribution in [0.15, 0.2) is 9.81 Å². The molecule has 248 valence electrons. The van der Waals surface area contributed by atoms with Crippen LogP contribution in [-0.2, 0) is 4.79 Å². The molecule has 6 rings (SSSR count). The Balaban J connectivity index is 0.000000188. The maximum absolute atomic E-state index is 11.3. The van der Waals surface area contributed by atoms with Gasteiger partial charge in [-0.1, -0.05) is 80.1 Å². The average molecular weight is 689 g/mol. The molecule has 1 nitrogen and oxygen atoms in total. The van der Waals surface area contributed by atoms with Crippen LogP contribution in [0.1, 0.15) is 129 Å². The fraction of sp³-hybridized carbons (Fsp3) is 0.892. The Kier molecular flexibility index (Phi) is 19.1. The number of allylic oxidation sites excluding steroid dienone is 1. The first kappa shape index (κ1) is 40.1. The minimum atomic E-state index is -0.914. The molecule has 6 aliphatic rings. The van der Waals surface area contributed by atoms with Gasteiger partial charge in [0.25, 0.3) is 0 Å². The van der Waals surface area contributed by atoms with E-state index >= 15 is 0 Å². The van der Waals surface area contributed by atoms with E-state index in [1.165, 1.54) is 119 Å². The van der Waals surface area contributed by atoms with Gasteiger partial charge in [-0.2, -0.15) is 0 Å². The van der Waals surface area contributed by atoms with Crippen LogP contribution in [0.3, 0.4) is 0 Å². The van der Waals surface area contributed by atoms with Crippen LogP contribution >= 0.6 is 47.0 Å². The Labute approximate surface area is 303 Å². The maximum Gasteiger partial charge on any atom is 1.00 e. The fourth-order valence-electron chi connectivity index (χ4n) is 8.64. The van der Waals surface area contributed by atoms with E-state index in [-0.39, 0.29) is 18.9 Å². The second kappa shape index (κ2) is 21.0. The van der Waals surface area contributed by atoms with Gasteiger partial charge in [0, 0.05) is 17.1 Å². The molecular formula is C37H65LiOS4Si. The summed E-state index contributed by atoms with van der Waals surface area (Å²) in [6, 6.07) is 0. The van der Waals surface area contributed by atoms with Crippen LogP contribution < -0.4 is 18.9 Å². The summed E-state index contributed by atoms with van der Waals surface area (Å²) in [5.41, 5.74) is 1.85. The van der Waals surface area contributed by atoms with Crippen molar-refractivity contribution in [3.8, 4) is 0 Å². The van der Waals surface area contributed by atoms with Gasteiger partial charge in [-0.05, 0) is 128 Å². The van der Waals surface area contributed by atoms with Crippen molar-refractivity contribution in [3.05, 3.63) is 14.0 Å². The molecule has 2 saturated heterocycles. The number of hydrogen-bond donors (Lipinski definition) is 0. The Morgan fingerprint density at radius 3 is 1.73 bits per heavy atom. The quantitative estimate of drug-likeness (QED) is 0.211. The number of thioether (sulfide) groups is 4. The molecule has 0 aromatic heterocycles. The number of fused-ring (bicyclic) bond motifs is 2. The van der Waals surface area contributed by atoms with Crippen molar-refractivity contribution in [1.29, 1.82) is 0 Å². The number of rotatable bonds is 5. The Morgan fingerprint density at radius 1 is 0.682 bits per heavy atom. The molecule has 0 aromatic carbocycles. The van der Waals surface area contributed by atoms with Crippen molar-refractivity contribution in [2.45, 2.75) is 149 Å². The summed E-state index contributed by atoms with van der Waals surface area (Å²) in [7, 11) is -0.914. The summed E-state index contributed by atoms with van der Waals surface area (Å²) in [5, 5.41) is 0. The van der Waals surface area contributed by atoms with Gasteiger partial charge >= 0.3 is 18.9 Å². The molecule has 4 unspecified atom stereocenters. The van der Waals surface area contributed by atoms with E-state index < -0.39 is 8.07 Å². The van der Waals surface area contributed by atoms with Crippen molar-refractivity contribution in [2.24, 2.45) is 35.5 Å². The van der Waals surface area contributed by atoms with Crippen molar-refractivity contribution >= 4 is 60.9 Å². The van der Waals surface area contributed by atoms with Gasteiger partial charge in [0.15, 0.2) is 0 Å². The summed E-state index contributed by atoms with van der Waals surface area (Å²) in [6.07, 6.45) is 24.6. The Bertz CT molecular complexity index is 862. The summed E-state index contributed by atoms with van der Waals surface area (Å²) < 4.78 is 3.50. The number of ketones is 1. The molecule has 6 atom stereocenters. The Hall–Kier alpha value is 1.62. The normalized spacial score (nSPS) is 33.0. The predicted molar refractivity (Wildman–Crippen MR) is 204 cm³/mol. The van der Waals surface area contributed by atoms with Crippen molar-refractivity contribution in [2.75, 3.05) is 23.0 Å². The molecule has 7 heteroatoms. The SMILES string of the molecule is CCC[C@H]1CCC2CC(=C3SCCCS3)CCC2C1.CCC[C@H]1CCC2CC(=O)CCC2C1.C[Si](C)(C)[C-]1SCCCS1.[Li+]. The van der Waals surface area contributed by atoms with Crippen molar-refractivity contribution in [3.63, 3.8) is 0 Å². The summed E-state index contributed by atoms with van der Waals surface area (Å²) in [6.45, 7) is 12.0. The summed E-state index contributed by atoms with van der Waals surface area (Å²) in [5.74, 6) is 11.9. The van der Waals surface area contributed by atoms with Gasteiger partial charge in [0.05, 0.1) is 0 Å². The van der Waals surface area contributed by atoms with Crippen LogP contribution in [0.5, 0.6) is 0 Å². The average Bonchev–Trinajstić information content (AvgIpc) is 3.02. The third-order valence-electron chi connectivity index (χ3n) is 10.9. The number of hydrogen-bond acceptors (Lipinski definition) is 5. The molecule has 0 amide bonds. The first-order valence-corrected chi connectivity index (χ1v) is 25.8. The largest absolute Gasteiger partial charge is 1.00 e. The standard InChI is InChI=1S/C17H28S2.C13H22O.C7H15S2Si.Li/c1-2-4-13-5-6-15-12-16(8-7-14(15)11-13)17-18-9-3-10-19-17;1-2-3-10-4-5-12-9-13(14)7-6-11(12)8-10;1-10(2,3)7-8-5-4-6-9-7;/h13-15H,2-12H2,1H3;10-12H,2-9H2,1H3;4-6H2,1-3H3;/q;;-1;+1/t13-,14?,15?;10-,11?,12?;;/m00../s1. The van der Waals surface area contributed by atoms with Crippen LogP contribution in [0, 0.1) is 39.7 Å². The molecule has 0 radical (unpaired) electrons. The fourth-order valence-corrected chi connectivity index (χ4v) is 17.4. The number of Topliss-reactive ketones (excluding diaryl/α,β-unsaturated/α-hetero) is 1. The molecule has 0 aromatic rings. The van der Waals surface area contributed by atoms with Crippen molar-refractivity contribution in [1.82, 2.24) is 0 Å². The molecule has 6 fully saturated rings. The summed E-state index contributed by atoms with van der Waals surface area (Å²) >= 11 is 8.54. The van der Waals surface area contributed by atoms with Crippen LogP contribution in [0.4, 0.5) is 0 Å².